The molecule has 4 atom stereocenters. The molecule has 0 bridgehead atoms. The first-order valence-electron chi connectivity index (χ1n) is 24.0. The smallest absolute Gasteiger partial charge is 0.387 e. The Morgan fingerprint density at radius 1 is 0.422 bits per heavy atom. The molecule has 2 aliphatic heterocycles. The lowest BCUT2D eigenvalue weighted by molar-refractivity contribution is -0.169. The van der Waals surface area contributed by atoms with Gasteiger partial charge in [-0.15, -0.1) is 0 Å². The fourth-order valence-corrected chi connectivity index (χ4v) is 14.1. The van der Waals surface area contributed by atoms with Crippen LogP contribution in [0.15, 0.2) is 65.3 Å². The number of benzene rings is 4. The van der Waals surface area contributed by atoms with Crippen molar-refractivity contribution in [2.45, 2.75) is 166 Å². The molecule has 4 aromatic carbocycles. The second kappa shape index (κ2) is 16.6. The summed E-state index contributed by atoms with van der Waals surface area (Å²) < 4.78 is 68.8. The molecule has 0 amide bonds. The molecule has 4 aliphatic carbocycles. The zero-order valence-electron chi connectivity index (χ0n) is 37.6. The van der Waals surface area contributed by atoms with Gasteiger partial charge >= 0.3 is 16.5 Å². The molecule has 12 rings (SSSR count). The maximum atomic E-state index is 7.31. The summed E-state index contributed by atoms with van der Waals surface area (Å²) in [7, 11) is -4.13. The van der Waals surface area contributed by atoms with Crippen LogP contribution in [0.4, 0.5) is 0 Å². The maximum Gasteiger partial charge on any atom is 0.387 e. The van der Waals surface area contributed by atoms with E-state index in [9.17, 15) is 0 Å². The van der Waals surface area contributed by atoms with Gasteiger partial charge in [-0.3, -0.25) is 9.05 Å². The number of rotatable bonds is 7. The topological polar surface area (TPSA) is 108 Å². The Morgan fingerprint density at radius 3 is 0.969 bits per heavy atom. The Hall–Kier alpha value is -3.56. The quantitative estimate of drug-likeness (QED) is 0.154. The molecule has 4 unspecified atom stereocenters. The first-order chi connectivity index (χ1) is 31.1. The highest BCUT2D eigenvalue weighted by atomic mass is 31.1. The molecule has 2 saturated heterocycles. The van der Waals surface area contributed by atoms with Crippen LogP contribution in [0.25, 0.3) is 43.9 Å². The van der Waals surface area contributed by atoms with Crippen molar-refractivity contribution in [2.24, 2.45) is 0 Å². The summed E-state index contributed by atoms with van der Waals surface area (Å²) in [6.45, 7) is 8.23. The monoisotopic (exact) mass is 906 g/mol. The molecule has 10 nitrogen and oxygen atoms in total. The van der Waals surface area contributed by atoms with Gasteiger partial charge in [0.25, 0.3) is 0 Å². The third-order valence-electron chi connectivity index (χ3n) is 14.7. The number of aryl methyl sites for hydroxylation is 8. The Morgan fingerprint density at radius 2 is 0.703 bits per heavy atom. The Bertz CT molecular complexity index is 2530. The molecule has 0 saturated carbocycles. The van der Waals surface area contributed by atoms with Crippen LogP contribution >= 0.6 is 16.5 Å². The number of ether oxygens (including phenoxy) is 4. The van der Waals surface area contributed by atoms with Gasteiger partial charge in [-0.2, -0.15) is 0 Å². The van der Waals surface area contributed by atoms with Crippen LogP contribution in [0.2, 0.25) is 0 Å². The summed E-state index contributed by atoms with van der Waals surface area (Å²) in [5.74, 6) is -1.73. The zero-order chi connectivity index (χ0) is 43.2. The third-order valence-corrected chi connectivity index (χ3v) is 16.9. The molecule has 0 N–H and O–H groups in total. The van der Waals surface area contributed by atoms with Crippen molar-refractivity contribution in [3.05, 3.63) is 93.0 Å². The number of hydrogen-bond donors (Lipinski definition) is 0. The van der Waals surface area contributed by atoms with E-state index >= 15 is 0 Å². The summed E-state index contributed by atoms with van der Waals surface area (Å²) in [5, 5.41) is 4.69. The molecular formula is C52H60O10P2. The molecule has 12 heteroatoms. The van der Waals surface area contributed by atoms with E-state index in [4.69, 9.17) is 44.8 Å². The van der Waals surface area contributed by atoms with Crippen LogP contribution in [-0.4, -0.2) is 49.2 Å². The third kappa shape index (κ3) is 7.68. The lowest BCUT2D eigenvalue weighted by atomic mass is 9.84. The number of hydrogen-bond acceptors (Lipinski definition) is 10. The van der Waals surface area contributed by atoms with Crippen LogP contribution in [0.5, 0.6) is 0 Å². The molecule has 338 valence electrons. The largest absolute Gasteiger partial charge is 0.399 e. The van der Waals surface area contributed by atoms with Gasteiger partial charge in [0.2, 0.25) is 0 Å². The lowest BCUT2D eigenvalue weighted by Gasteiger charge is -2.32. The Kier molecular flexibility index (Phi) is 10.9. The van der Waals surface area contributed by atoms with E-state index in [1.54, 1.807) is 0 Å². The summed E-state index contributed by atoms with van der Waals surface area (Å²) in [6.07, 6.45) is 14.9. The van der Waals surface area contributed by atoms with E-state index in [0.717, 1.165) is 99.4 Å². The van der Waals surface area contributed by atoms with Gasteiger partial charge in [-0.1, -0.05) is 24.3 Å². The predicted molar refractivity (Wildman–Crippen MR) is 250 cm³/mol. The fourth-order valence-electron chi connectivity index (χ4n) is 11.7. The van der Waals surface area contributed by atoms with Gasteiger partial charge in [-0.25, -0.2) is 0 Å². The second-order valence-electron chi connectivity index (χ2n) is 19.8. The fraction of sp³-hybridized carbons (Fsp3) is 0.538. The van der Waals surface area contributed by atoms with E-state index in [-0.39, 0.29) is 13.2 Å². The molecule has 2 fully saturated rings. The van der Waals surface area contributed by atoms with E-state index in [2.05, 4.69) is 48.5 Å². The van der Waals surface area contributed by atoms with Crippen molar-refractivity contribution in [3.8, 4) is 0 Å². The molecule has 0 radical (unpaired) electrons. The van der Waals surface area contributed by atoms with E-state index in [1.165, 1.54) is 91.7 Å². The van der Waals surface area contributed by atoms with Crippen LogP contribution < -0.4 is 9.05 Å². The van der Waals surface area contributed by atoms with Gasteiger partial charge < -0.3 is 35.7 Å². The maximum absolute atomic E-state index is 7.31. The van der Waals surface area contributed by atoms with Gasteiger partial charge in [0.05, 0.1) is 13.2 Å². The minimum atomic E-state index is -2.07. The van der Waals surface area contributed by atoms with Crippen molar-refractivity contribution in [3.63, 3.8) is 0 Å². The summed E-state index contributed by atoms with van der Waals surface area (Å²) >= 11 is 0. The molecule has 4 heterocycles. The number of fused-ring (bicyclic) bond motifs is 14. The molecular weight excluding hydrogens is 847 g/mol. The molecule has 6 aliphatic rings. The standard InChI is InChI=1S/C52H60O10P2/c1-51(2)53-29-43(55-51)49(61-63-57-39-25-21-31-13-5-9-17-35(31)45(39)46-36-18-10-6-14-32(36)22-26-40(46)58-63)50(44-30-54-52(3,4)56-44)62-64-59-41-27-23-33-15-7-11-19-37(33)47(41)48-38-20-12-8-16-34(38)24-28-42(48)60-64/h21-28,43-44,49-50H,5-20,29-30H2,1-4H3. The Balaban J connectivity index is 1.04. The molecule has 6 aromatic rings. The SMILES string of the molecule is CC1(C)OCC(C(Op2oc3ccc4c(c3c3c5c(ccc3o2)CCCC5)CCCC4)C(Op2oc3ccc4c(c3c3c5c(ccc3o2)CCCC5)CCCC4)C2COC(C)(C)O2)O1. The molecule has 2 aromatic heterocycles. The van der Waals surface area contributed by atoms with E-state index in [0.29, 0.717) is 0 Å². The average molecular weight is 907 g/mol. The minimum Gasteiger partial charge on any atom is -0.399 e. The van der Waals surface area contributed by atoms with Crippen LogP contribution in [0.1, 0.15) is 124 Å². The van der Waals surface area contributed by atoms with Gasteiger partial charge in [0.15, 0.2) is 11.6 Å². The van der Waals surface area contributed by atoms with Crippen molar-refractivity contribution in [1.82, 2.24) is 0 Å². The highest BCUT2D eigenvalue weighted by molar-refractivity contribution is 7.32. The van der Waals surface area contributed by atoms with Gasteiger partial charge in [0, 0.05) is 21.5 Å². The highest BCUT2D eigenvalue weighted by Crippen LogP contribution is 2.46. The van der Waals surface area contributed by atoms with Crippen molar-refractivity contribution in [2.75, 3.05) is 13.2 Å². The van der Waals surface area contributed by atoms with Gasteiger partial charge in [0.1, 0.15) is 46.7 Å². The van der Waals surface area contributed by atoms with Crippen LogP contribution in [0.3, 0.4) is 0 Å². The predicted octanol–water partition coefficient (Wildman–Crippen LogP) is 13.0. The van der Waals surface area contributed by atoms with E-state index in [1.807, 2.05) is 27.7 Å². The lowest BCUT2D eigenvalue weighted by Crippen LogP contribution is -2.52. The zero-order valence-corrected chi connectivity index (χ0v) is 39.4. The first kappa shape index (κ1) is 41.8. The highest BCUT2D eigenvalue weighted by Gasteiger charge is 2.50. The second-order valence-corrected chi connectivity index (χ2v) is 21.9. The van der Waals surface area contributed by atoms with Crippen molar-refractivity contribution >= 4 is 60.4 Å². The normalized spacial score (nSPS) is 23.4. The summed E-state index contributed by atoms with van der Waals surface area (Å²) in [6, 6.07) is 17.6. The average Bonchev–Trinajstić information content (AvgIpc) is 3.74. The van der Waals surface area contributed by atoms with Crippen molar-refractivity contribution in [1.29, 1.82) is 0 Å². The summed E-state index contributed by atoms with van der Waals surface area (Å²) in [5.41, 5.74) is 14.3. The molecule has 64 heavy (non-hydrogen) atoms. The molecule has 0 spiro atoms. The summed E-state index contributed by atoms with van der Waals surface area (Å²) in [4.78, 5) is 0. The Labute approximate surface area is 376 Å². The van der Waals surface area contributed by atoms with E-state index < -0.39 is 52.5 Å². The van der Waals surface area contributed by atoms with Crippen molar-refractivity contribution < 1.29 is 44.8 Å². The van der Waals surface area contributed by atoms with Gasteiger partial charge in [-0.05, 0) is 199 Å². The minimum absolute atomic E-state index is 0.259. The van der Waals surface area contributed by atoms with Crippen LogP contribution in [-0.2, 0) is 70.3 Å². The van der Waals surface area contributed by atoms with Crippen LogP contribution in [0, 0.1) is 0 Å². The first-order valence-corrected chi connectivity index (χ1v) is 26.2.